The second kappa shape index (κ2) is 7.54. The summed E-state index contributed by atoms with van der Waals surface area (Å²) in [7, 11) is 0. The van der Waals surface area contributed by atoms with Crippen LogP contribution in [0.3, 0.4) is 0 Å². The lowest BCUT2D eigenvalue weighted by atomic mass is 9.83. The number of nitrogens with zero attached hydrogens (tertiary/aromatic N) is 2. The summed E-state index contributed by atoms with van der Waals surface area (Å²) < 4.78 is 7.15. The predicted molar refractivity (Wildman–Crippen MR) is 108 cm³/mol. The Balaban J connectivity index is 1.28. The summed E-state index contributed by atoms with van der Waals surface area (Å²) in [6, 6.07) is 9.31. The lowest BCUT2D eigenvalue weighted by molar-refractivity contribution is -0.992. The van der Waals surface area contributed by atoms with E-state index < -0.39 is 10.8 Å². The van der Waals surface area contributed by atoms with Gasteiger partial charge in [-0.1, -0.05) is 12.1 Å². The molecule has 2 N–H and O–H groups in total. The quantitative estimate of drug-likeness (QED) is 0.724. The van der Waals surface area contributed by atoms with Crippen LogP contribution in [0.5, 0.6) is 5.75 Å². The lowest BCUT2D eigenvalue weighted by Gasteiger charge is -2.43. The number of pyridine rings is 1. The first-order valence-electron chi connectivity index (χ1n) is 10.5. The maximum atomic E-state index is 12.9. The summed E-state index contributed by atoms with van der Waals surface area (Å²) >= 11 is 0. The van der Waals surface area contributed by atoms with E-state index in [2.05, 4.69) is 6.07 Å². The maximum absolute atomic E-state index is 12.9. The van der Waals surface area contributed by atoms with Gasteiger partial charge in [-0.25, -0.2) is 5.21 Å². The molecular formula is C22H25N3O5. The molecule has 1 saturated heterocycles. The van der Waals surface area contributed by atoms with Crippen LogP contribution in [0.2, 0.25) is 0 Å². The van der Waals surface area contributed by atoms with Crippen LogP contribution in [-0.4, -0.2) is 40.3 Å². The molecule has 2 bridgehead atoms. The fourth-order valence-corrected chi connectivity index (χ4v) is 5.12. The Morgan fingerprint density at radius 3 is 2.93 bits per heavy atom. The number of rotatable bonds is 4. The van der Waals surface area contributed by atoms with Gasteiger partial charge in [0.2, 0.25) is 11.6 Å². The Kier molecular flexibility index (Phi) is 4.85. The molecule has 158 valence electrons. The number of aryl methyl sites for hydroxylation is 1. The van der Waals surface area contributed by atoms with Gasteiger partial charge in [0.25, 0.3) is 0 Å². The SMILES string of the molecule is O=C(CCc1ccc2c(c1)CCO2)N1CC2C[C@@H](C1)Cn1c2ccc([NH+]([O-])O)c1=O. The van der Waals surface area contributed by atoms with Gasteiger partial charge in [-0.3, -0.25) is 9.59 Å². The van der Waals surface area contributed by atoms with Crippen molar-refractivity contribution in [1.82, 2.24) is 9.47 Å². The Bertz CT molecular complexity index is 1050. The van der Waals surface area contributed by atoms with Crippen molar-refractivity contribution in [2.75, 3.05) is 19.7 Å². The highest BCUT2D eigenvalue weighted by atomic mass is 16.8. The van der Waals surface area contributed by atoms with E-state index in [4.69, 9.17) is 4.74 Å². The number of benzene rings is 1. The van der Waals surface area contributed by atoms with Crippen molar-refractivity contribution in [3.63, 3.8) is 0 Å². The molecule has 3 atom stereocenters. The standard InChI is InChI=1S/C22H25N3O5/c26-21(6-2-14-1-5-20-16(9-14)7-8-30-20)23-11-15-10-17(13-23)18-3-4-19(25(28)29)22(27)24(18)12-15/h1,3-5,9,15,17,25,28H,2,6-8,10-13H2/t15-,17?/m0/s1. The summed E-state index contributed by atoms with van der Waals surface area (Å²) in [5, 5.41) is 19.3. The van der Waals surface area contributed by atoms with Crippen LogP contribution in [0, 0.1) is 11.1 Å². The molecule has 8 nitrogen and oxygen atoms in total. The molecule has 8 heteroatoms. The van der Waals surface area contributed by atoms with Gasteiger partial charge in [0.15, 0.2) is 0 Å². The molecule has 2 aromatic rings. The molecule has 1 fully saturated rings. The van der Waals surface area contributed by atoms with E-state index in [0.29, 0.717) is 32.5 Å². The zero-order valence-corrected chi connectivity index (χ0v) is 16.7. The maximum Gasteiger partial charge on any atom is 0.315 e. The van der Waals surface area contributed by atoms with Gasteiger partial charge in [0.05, 0.1) is 6.61 Å². The van der Waals surface area contributed by atoms with Gasteiger partial charge in [-0.05, 0) is 42.0 Å². The van der Waals surface area contributed by atoms with E-state index in [1.54, 1.807) is 10.6 Å². The predicted octanol–water partition coefficient (Wildman–Crippen LogP) is 0.765. The molecule has 0 spiro atoms. The minimum atomic E-state index is -1.19. The number of quaternary nitrogens is 1. The van der Waals surface area contributed by atoms with Crippen LogP contribution in [0.25, 0.3) is 0 Å². The van der Waals surface area contributed by atoms with E-state index in [9.17, 15) is 20.0 Å². The number of fused-ring (bicyclic) bond motifs is 5. The molecule has 2 unspecified atom stereocenters. The zero-order chi connectivity index (χ0) is 20.8. The summed E-state index contributed by atoms with van der Waals surface area (Å²) in [4.78, 5) is 27.4. The van der Waals surface area contributed by atoms with E-state index in [1.807, 2.05) is 17.0 Å². The lowest BCUT2D eigenvalue weighted by Crippen LogP contribution is -3.00. The third kappa shape index (κ3) is 3.40. The van der Waals surface area contributed by atoms with Crippen LogP contribution < -0.4 is 15.5 Å². The van der Waals surface area contributed by atoms with Crippen LogP contribution in [0.4, 0.5) is 5.69 Å². The van der Waals surface area contributed by atoms with Gasteiger partial charge >= 0.3 is 5.56 Å². The Morgan fingerprint density at radius 2 is 2.10 bits per heavy atom. The van der Waals surface area contributed by atoms with Gasteiger partial charge in [-0.2, -0.15) is 5.23 Å². The number of carbonyl (C=O) groups excluding carboxylic acids is 1. The average Bonchev–Trinajstić information content (AvgIpc) is 3.20. The Morgan fingerprint density at radius 1 is 1.23 bits per heavy atom. The molecule has 1 amide bonds. The molecule has 4 heterocycles. The van der Waals surface area contributed by atoms with Gasteiger partial charge in [-0.15, -0.1) is 0 Å². The highest BCUT2D eigenvalue weighted by molar-refractivity contribution is 5.76. The number of nitrogens with one attached hydrogen (secondary N) is 1. The van der Waals surface area contributed by atoms with Crippen molar-refractivity contribution in [3.8, 4) is 5.75 Å². The van der Waals surface area contributed by atoms with Crippen molar-refractivity contribution in [2.24, 2.45) is 5.92 Å². The Hall–Kier alpha value is -2.68. The van der Waals surface area contributed by atoms with Crippen molar-refractivity contribution >= 4 is 11.6 Å². The summed E-state index contributed by atoms with van der Waals surface area (Å²) in [5.74, 6) is 1.35. The van der Waals surface area contributed by atoms with Crippen molar-refractivity contribution < 1.29 is 20.0 Å². The number of piperidine rings is 1. The monoisotopic (exact) mass is 411 g/mol. The molecule has 3 aliphatic heterocycles. The fraction of sp³-hybridized carbons (Fsp3) is 0.455. The second-order valence-corrected chi connectivity index (χ2v) is 8.53. The van der Waals surface area contributed by atoms with E-state index in [1.165, 1.54) is 11.6 Å². The highest BCUT2D eigenvalue weighted by Gasteiger charge is 2.37. The second-order valence-electron chi connectivity index (χ2n) is 8.53. The summed E-state index contributed by atoms with van der Waals surface area (Å²) in [5.41, 5.74) is 2.59. The van der Waals surface area contributed by atoms with E-state index in [0.717, 1.165) is 36.5 Å². The topological polar surface area (TPSA) is 99.3 Å². The largest absolute Gasteiger partial charge is 0.595 e. The zero-order valence-electron chi connectivity index (χ0n) is 16.7. The van der Waals surface area contributed by atoms with Crippen LogP contribution in [-0.2, 0) is 24.2 Å². The average molecular weight is 411 g/mol. The minimum Gasteiger partial charge on any atom is -0.595 e. The molecule has 3 aliphatic rings. The Labute approximate surface area is 173 Å². The number of hydrogen-bond donors (Lipinski definition) is 2. The number of likely N-dealkylation sites (tertiary alicyclic amines) is 1. The van der Waals surface area contributed by atoms with Gasteiger partial charge in [0.1, 0.15) is 5.75 Å². The van der Waals surface area contributed by atoms with E-state index in [-0.39, 0.29) is 23.4 Å². The number of aromatic nitrogens is 1. The molecule has 1 aromatic heterocycles. The van der Waals surface area contributed by atoms with Crippen molar-refractivity contribution in [1.29, 1.82) is 0 Å². The number of amides is 1. The minimum absolute atomic E-state index is 0.0779. The highest BCUT2D eigenvalue weighted by Crippen LogP contribution is 2.35. The van der Waals surface area contributed by atoms with Gasteiger partial charge < -0.3 is 19.4 Å². The van der Waals surface area contributed by atoms with E-state index >= 15 is 0 Å². The first-order chi connectivity index (χ1) is 14.5. The molecule has 5 rings (SSSR count). The molecular weight excluding hydrogens is 386 g/mol. The van der Waals surface area contributed by atoms with Crippen LogP contribution >= 0.6 is 0 Å². The molecule has 1 aromatic carbocycles. The first-order valence-corrected chi connectivity index (χ1v) is 10.5. The third-order valence-corrected chi connectivity index (χ3v) is 6.57. The van der Waals surface area contributed by atoms with Crippen molar-refractivity contribution in [2.45, 2.75) is 38.1 Å². The van der Waals surface area contributed by atoms with Crippen LogP contribution in [0.15, 0.2) is 35.1 Å². The summed E-state index contributed by atoms with van der Waals surface area (Å²) in [6.45, 7) is 2.41. The molecule has 30 heavy (non-hydrogen) atoms. The molecule has 0 saturated carbocycles. The molecule has 0 aliphatic carbocycles. The molecule has 0 radical (unpaired) electrons. The fourth-order valence-electron chi connectivity index (χ4n) is 5.12. The summed E-state index contributed by atoms with van der Waals surface area (Å²) in [6.07, 6.45) is 3.02. The van der Waals surface area contributed by atoms with Gasteiger partial charge in [0, 0.05) is 50.2 Å². The first kappa shape index (κ1) is 19.3. The number of ether oxygens (including phenoxy) is 1. The number of hydrogen-bond acceptors (Lipinski definition) is 5. The third-order valence-electron chi connectivity index (χ3n) is 6.57. The smallest absolute Gasteiger partial charge is 0.315 e. The van der Waals surface area contributed by atoms with Crippen LogP contribution in [0.1, 0.15) is 35.6 Å². The number of carbonyl (C=O) groups is 1. The van der Waals surface area contributed by atoms with Crippen molar-refractivity contribution in [3.05, 3.63) is 62.7 Å². The normalized spacial score (nSPS) is 22.8.